The van der Waals surface area contributed by atoms with E-state index in [9.17, 15) is 19.8 Å². The number of fused-ring (bicyclic) bond motifs is 8. The largest absolute Gasteiger partial charge is 0.497 e. The number of urea groups is 1. The van der Waals surface area contributed by atoms with Gasteiger partial charge in [-0.05, 0) is 119 Å². The minimum atomic E-state index is -1.15. The SMILES string of the molecule is CCCN(C[C@]1(O)CC[C@H]2c3ccc(cc3C(=O)C3CCCCC3)C[C@@H](O)CCC(C)=CCC[C@@]21C)C(=O)Nc1ccc(OC)cc1. The smallest absolute Gasteiger partial charge is 0.321 e. The van der Waals surface area contributed by atoms with E-state index in [1.54, 1.807) is 12.0 Å². The van der Waals surface area contributed by atoms with E-state index in [2.05, 4.69) is 43.4 Å². The predicted octanol–water partition coefficient (Wildman–Crippen LogP) is 8.44. The van der Waals surface area contributed by atoms with Crippen molar-refractivity contribution in [1.82, 2.24) is 4.90 Å². The third-order valence-electron chi connectivity index (χ3n) is 11.5. The lowest BCUT2D eigenvalue weighted by Gasteiger charge is -2.46. The standard InChI is InChI=1S/C40H56N2O5/c1-5-24-42(38(45)41-31-15-18-33(47-4)19-16-31)27-40(46)23-21-36-34-20-14-29(26-35(34)37(44)30-11-7-6-8-12-30)25-32(43)17-13-28(2)10-9-22-39(36,40)3/h10,14-16,18-20,26,30,32,36,43,46H,5-9,11-13,17,21-25,27H2,1-4H3,(H,41,45)/t32-,36-,39-,40+/m0/s1. The van der Waals surface area contributed by atoms with Crippen molar-refractivity contribution in [2.45, 2.75) is 122 Å². The number of Topliss-reactive ketones (excluding diaryl/α,β-unsaturated/α-hetero) is 1. The second kappa shape index (κ2) is 15.4. The van der Waals surface area contributed by atoms with Crippen LogP contribution >= 0.6 is 0 Å². The number of methoxy groups -OCH3 is 1. The predicted molar refractivity (Wildman–Crippen MR) is 188 cm³/mol. The lowest BCUT2D eigenvalue weighted by atomic mass is 9.64. The molecule has 0 saturated heterocycles. The monoisotopic (exact) mass is 644 g/mol. The highest BCUT2D eigenvalue weighted by atomic mass is 16.5. The van der Waals surface area contributed by atoms with Crippen LogP contribution in [0.5, 0.6) is 5.75 Å². The highest BCUT2D eigenvalue weighted by molar-refractivity contribution is 5.99. The summed E-state index contributed by atoms with van der Waals surface area (Å²) in [7, 11) is 1.61. The Hall–Kier alpha value is -3.16. The number of anilines is 1. The van der Waals surface area contributed by atoms with Crippen molar-refractivity contribution in [3.8, 4) is 5.75 Å². The van der Waals surface area contributed by atoms with Crippen molar-refractivity contribution in [2.24, 2.45) is 11.3 Å². The first-order chi connectivity index (χ1) is 22.6. The molecule has 0 radical (unpaired) electrons. The number of carbonyl (C=O) groups is 2. The Bertz CT molecular complexity index is 1410. The van der Waals surface area contributed by atoms with E-state index in [0.29, 0.717) is 31.5 Å². The minimum absolute atomic E-state index is 0.0281. The van der Waals surface area contributed by atoms with Crippen LogP contribution in [0.3, 0.4) is 0 Å². The van der Waals surface area contributed by atoms with Gasteiger partial charge in [-0.2, -0.15) is 0 Å². The lowest BCUT2D eigenvalue weighted by Crippen LogP contribution is -2.54. The summed E-state index contributed by atoms with van der Waals surface area (Å²) >= 11 is 0. The molecule has 2 aromatic rings. The number of carbonyl (C=O) groups excluding carboxylic acids is 2. The van der Waals surface area contributed by atoms with Gasteiger partial charge in [-0.1, -0.05) is 56.9 Å². The molecule has 6 rings (SSSR count). The van der Waals surface area contributed by atoms with E-state index in [-0.39, 0.29) is 30.2 Å². The summed E-state index contributed by atoms with van der Waals surface area (Å²) in [6, 6.07) is 13.3. The van der Waals surface area contributed by atoms with Gasteiger partial charge in [-0.15, -0.1) is 0 Å². The van der Waals surface area contributed by atoms with Gasteiger partial charge in [-0.3, -0.25) is 4.79 Å². The number of benzene rings is 2. The fraction of sp³-hybridized carbons (Fsp3) is 0.600. The number of aliphatic hydroxyl groups is 2. The molecule has 2 fully saturated rings. The van der Waals surface area contributed by atoms with Gasteiger partial charge in [-0.25, -0.2) is 4.79 Å². The third kappa shape index (κ3) is 7.94. The van der Waals surface area contributed by atoms with Gasteiger partial charge in [0.2, 0.25) is 0 Å². The Kier molecular flexibility index (Phi) is 11.5. The number of hydrogen-bond acceptors (Lipinski definition) is 5. The molecule has 47 heavy (non-hydrogen) atoms. The van der Waals surface area contributed by atoms with Crippen LogP contribution in [-0.2, 0) is 6.42 Å². The Morgan fingerprint density at radius 3 is 2.47 bits per heavy atom. The zero-order valence-electron chi connectivity index (χ0n) is 29.0. The zero-order chi connectivity index (χ0) is 33.6. The van der Waals surface area contributed by atoms with Crippen molar-refractivity contribution in [2.75, 3.05) is 25.5 Å². The van der Waals surface area contributed by atoms with Gasteiger partial charge >= 0.3 is 6.03 Å². The molecular weight excluding hydrogens is 588 g/mol. The number of amides is 2. The van der Waals surface area contributed by atoms with Crippen molar-refractivity contribution in [3.05, 3.63) is 70.8 Å². The first-order valence-corrected chi connectivity index (χ1v) is 18.0. The Labute approximate surface area is 281 Å². The quantitative estimate of drug-likeness (QED) is 0.198. The van der Waals surface area contributed by atoms with Crippen LogP contribution < -0.4 is 10.1 Å². The molecule has 2 aromatic carbocycles. The summed E-state index contributed by atoms with van der Waals surface area (Å²) in [4.78, 5) is 29.8. The fourth-order valence-corrected chi connectivity index (χ4v) is 8.51. The molecule has 4 aliphatic carbocycles. The van der Waals surface area contributed by atoms with Crippen LogP contribution in [0, 0.1) is 11.3 Å². The van der Waals surface area contributed by atoms with Gasteiger partial charge in [0.05, 0.1) is 25.4 Å². The van der Waals surface area contributed by atoms with E-state index in [4.69, 9.17) is 4.74 Å². The number of allylic oxidation sites excluding steroid dienone is 2. The summed E-state index contributed by atoms with van der Waals surface area (Å²) in [5.74, 6) is 0.929. The maximum atomic E-state index is 14.3. The first-order valence-electron chi connectivity index (χ1n) is 18.0. The van der Waals surface area contributed by atoms with Gasteiger partial charge < -0.3 is 25.2 Å². The number of aliphatic hydroxyl groups excluding tert-OH is 1. The van der Waals surface area contributed by atoms with E-state index in [1.165, 1.54) is 12.0 Å². The Balaban J connectivity index is 1.51. The van der Waals surface area contributed by atoms with Crippen molar-refractivity contribution < 1.29 is 24.5 Å². The van der Waals surface area contributed by atoms with E-state index >= 15 is 0 Å². The maximum Gasteiger partial charge on any atom is 0.321 e. The molecule has 0 aromatic heterocycles. The van der Waals surface area contributed by atoms with E-state index in [1.807, 2.05) is 31.2 Å². The van der Waals surface area contributed by atoms with Crippen LogP contribution in [0.4, 0.5) is 10.5 Å². The summed E-state index contributed by atoms with van der Waals surface area (Å²) in [6.45, 7) is 7.10. The molecule has 2 amide bonds. The molecular formula is C40H56N2O5. The first kappa shape index (κ1) is 35.2. The second-order valence-electron chi connectivity index (χ2n) is 14.7. The summed E-state index contributed by atoms with van der Waals surface area (Å²) in [5, 5.41) is 26.7. The number of nitrogens with one attached hydrogen (secondary N) is 1. The van der Waals surface area contributed by atoms with Crippen LogP contribution in [0.2, 0.25) is 0 Å². The van der Waals surface area contributed by atoms with Crippen LogP contribution in [-0.4, -0.2) is 58.8 Å². The molecule has 0 spiro atoms. The molecule has 4 aliphatic rings. The van der Waals surface area contributed by atoms with Crippen LogP contribution in [0.15, 0.2) is 54.1 Å². The lowest BCUT2D eigenvalue weighted by molar-refractivity contribution is -0.0763. The number of rotatable bonds is 8. The second-order valence-corrected chi connectivity index (χ2v) is 14.7. The van der Waals surface area contributed by atoms with Crippen LogP contribution in [0.25, 0.3) is 0 Å². The number of ether oxygens (including phenoxy) is 1. The Morgan fingerprint density at radius 2 is 1.77 bits per heavy atom. The summed E-state index contributed by atoms with van der Waals surface area (Å²) in [6.07, 6.45) is 12.6. The van der Waals surface area contributed by atoms with Crippen LogP contribution in [0.1, 0.15) is 125 Å². The van der Waals surface area contributed by atoms with Gasteiger partial charge in [0.25, 0.3) is 0 Å². The molecule has 0 aliphatic heterocycles. The third-order valence-corrected chi connectivity index (χ3v) is 11.5. The van der Waals surface area contributed by atoms with E-state index in [0.717, 1.165) is 80.2 Å². The summed E-state index contributed by atoms with van der Waals surface area (Å²) in [5.41, 5.74) is 3.00. The Morgan fingerprint density at radius 1 is 1.02 bits per heavy atom. The average molecular weight is 645 g/mol. The fourth-order valence-electron chi connectivity index (χ4n) is 8.51. The summed E-state index contributed by atoms with van der Waals surface area (Å²) < 4.78 is 5.27. The zero-order valence-corrected chi connectivity index (χ0v) is 29.0. The van der Waals surface area contributed by atoms with E-state index < -0.39 is 17.1 Å². The normalized spacial score (nSPS) is 27.0. The molecule has 7 heteroatoms. The van der Waals surface area contributed by atoms with Gasteiger partial charge in [0.15, 0.2) is 5.78 Å². The molecule has 2 saturated carbocycles. The minimum Gasteiger partial charge on any atom is -0.497 e. The van der Waals surface area contributed by atoms with Gasteiger partial charge in [0.1, 0.15) is 5.75 Å². The molecule has 3 N–H and O–H groups in total. The topological polar surface area (TPSA) is 99.1 Å². The number of ketones is 1. The number of nitrogens with zero attached hydrogens (tertiary/aromatic N) is 1. The molecule has 4 atom stereocenters. The molecule has 2 bridgehead atoms. The van der Waals surface area contributed by atoms with Crippen molar-refractivity contribution in [3.63, 3.8) is 0 Å². The molecule has 7 nitrogen and oxygen atoms in total. The number of hydrogen-bond donors (Lipinski definition) is 3. The highest BCUT2D eigenvalue weighted by Gasteiger charge is 2.57. The molecule has 0 heterocycles. The highest BCUT2D eigenvalue weighted by Crippen LogP contribution is 2.59. The maximum absolute atomic E-state index is 14.3. The van der Waals surface area contributed by atoms with Crippen molar-refractivity contribution >= 4 is 17.5 Å². The van der Waals surface area contributed by atoms with Crippen molar-refractivity contribution in [1.29, 1.82) is 0 Å². The average Bonchev–Trinajstić information content (AvgIpc) is 3.32. The van der Waals surface area contributed by atoms with Gasteiger partial charge in [0, 0.05) is 29.1 Å². The molecule has 256 valence electrons. The molecule has 0 unspecified atom stereocenters.